The van der Waals surface area contributed by atoms with Crippen molar-refractivity contribution in [1.29, 1.82) is 0 Å². The van der Waals surface area contributed by atoms with E-state index in [2.05, 4.69) is 25.7 Å². The summed E-state index contributed by atoms with van der Waals surface area (Å²) >= 11 is 0. The van der Waals surface area contributed by atoms with Gasteiger partial charge in [-0.05, 0) is 25.1 Å². The maximum atomic E-state index is 5.84. The Kier molecular flexibility index (Phi) is 5.78. The van der Waals surface area contributed by atoms with Crippen LogP contribution in [0.2, 0.25) is 0 Å². The van der Waals surface area contributed by atoms with E-state index >= 15 is 0 Å². The summed E-state index contributed by atoms with van der Waals surface area (Å²) in [6, 6.07) is 7.78. The van der Waals surface area contributed by atoms with E-state index in [1.165, 1.54) is 0 Å². The molecule has 0 aliphatic carbocycles. The Morgan fingerprint density at radius 3 is 3.07 bits per heavy atom. The van der Waals surface area contributed by atoms with Gasteiger partial charge in [-0.3, -0.25) is 0 Å². The molecule has 2 aromatic heterocycles. The van der Waals surface area contributed by atoms with Crippen LogP contribution in [0.15, 0.2) is 36.7 Å². The average molecular weight is 388 g/mol. The SMILES string of the molecule is COc1cccc(-n2cc(CNc3nc(N)nc4c3CCNC4)cn2)c1.Cl. The van der Waals surface area contributed by atoms with Crippen molar-refractivity contribution in [2.75, 3.05) is 24.7 Å². The van der Waals surface area contributed by atoms with Crippen molar-refractivity contribution < 1.29 is 4.74 Å². The first-order valence-corrected chi connectivity index (χ1v) is 8.51. The van der Waals surface area contributed by atoms with Gasteiger partial charge in [-0.25, -0.2) is 9.67 Å². The summed E-state index contributed by atoms with van der Waals surface area (Å²) in [6.45, 7) is 2.26. The van der Waals surface area contributed by atoms with Gasteiger partial charge in [-0.1, -0.05) is 6.07 Å². The Labute approximate surface area is 163 Å². The Bertz CT molecular complexity index is 928. The molecule has 1 aromatic carbocycles. The highest BCUT2D eigenvalue weighted by atomic mass is 35.5. The van der Waals surface area contributed by atoms with E-state index in [1.54, 1.807) is 7.11 Å². The summed E-state index contributed by atoms with van der Waals surface area (Å²) in [7, 11) is 1.65. The summed E-state index contributed by atoms with van der Waals surface area (Å²) in [5.74, 6) is 1.90. The number of rotatable bonds is 5. The topological polar surface area (TPSA) is 103 Å². The Balaban J connectivity index is 0.00000210. The molecule has 0 spiro atoms. The number of hydrogen-bond acceptors (Lipinski definition) is 7. The van der Waals surface area contributed by atoms with Gasteiger partial charge >= 0.3 is 0 Å². The van der Waals surface area contributed by atoms with E-state index in [9.17, 15) is 0 Å². The Morgan fingerprint density at radius 1 is 1.33 bits per heavy atom. The monoisotopic (exact) mass is 387 g/mol. The minimum atomic E-state index is 0. The van der Waals surface area contributed by atoms with Gasteiger partial charge in [-0.2, -0.15) is 10.1 Å². The van der Waals surface area contributed by atoms with Crippen LogP contribution >= 0.6 is 12.4 Å². The lowest BCUT2D eigenvalue weighted by atomic mass is 10.1. The van der Waals surface area contributed by atoms with Crippen LogP contribution < -0.4 is 21.1 Å². The zero-order valence-electron chi connectivity index (χ0n) is 15.0. The normalized spacial score (nSPS) is 12.8. The number of aromatic nitrogens is 4. The predicted molar refractivity (Wildman–Crippen MR) is 107 cm³/mol. The third-order valence-corrected chi connectivity index (χ3v) is 4.37. The summed E-state index contributed by atoms with van der Waals surface area (Å²) in [6.07, 6.45) is 4.71. The van der Waals surface area contributed by atoms with Gasteiger partial charge in [0.2, 0.25) is 5.95 Å². The van der Waals surface area contributed by atoms with Crippen molar-refractivity contribution in [2.45, 2.75) is 19.5 Å². The fraction of sp³-hybridized carbons (Fsp3) is 0.278. The lowest BCUT2D eigenvalue weighted by Crippen LogP contribution is -2.26. The van der Waals surface area contributed by atoms with Gasteiger partial charge in [0.25, 0.3) is 0 Å². The van der Waals surface area contributed by atoms with Gasteiger partial charge < -0.3 is 21.1 Å². The number of benzene rings is 1. The first-order chi connectivity index (χ1) is 12.7. The van der Waals surface area contributed by atoms with Crippen LogP contribution in [0.5, 0.6) is 5.75 Å². The number of ether oxygens (including phenoxy) is 1. The number of nitrogens with two attached hydrogens (primary N) is 1. The second-order valence-electron chi connectivity index (χ2n) is 6.13. The highest BCUT2D eigenvalue weighted by Crippen LogP contribution is 2.22. The van der Waals surface area contributed by atoms with Crippen molar-refractivity contribution >= 4 is 24.2 Å². The van der Waals surface area contributed by atoms with Crippen molar-refractivity contribution in [3.63, 3.8) is 0 Å². The summed E-state index contributed by atoms with van der Waals surface area (Å²) in [5.41, 5.74) is 9.95. The molecule has 4 N–H and O–H groups in total. The van der Waals surface area contributed by atoms with Crippen molar-refractivity contribution in [1.82, 2.24) is 25.1 Å². The largest absolute Gasteiger partial charge is 0.497 e. The zero-order valence-corrected chi connectivity index (χ0v) is 15.8. The molecule has 0 saturated carbocycles. The van der Waals surface area contributed by atoms with Gasteiger partial charge in [0, 0.05) is 36.5 Å². The number of methoxy groups -OCH3 is 1. The number of halogens is 1. The smallest absolute Gasteiger partial charge is 0.222 e. The molecule has 1 aliphatic rings. The van der Waals surface area contributed by atoms with Crippen LogP contribution in [0, 0.1) is 0 Å². The maximum absolute atomic E-state index is 5.84. The fourth-order valence-corrected chi connectivity index (χ4v) is 3.06. The molecule has 3 heterocycles. The Hall–Kier alpha value is -2.84. The van der Waals surface area contributed by atoms with Crippen molar-refractivity contribution in [3.05, 3.63) is 53.5 Å². The highest BCUT2D eigenvalue weighted by molar-refractivity contribution is 5.85. The van der Waals surface area contributed by atoms with Crippen LogP contribution in [0.3, 0.4) is 0 Å². The molecular formula is C18H22ClN7O. The molecule has 0 saturated heterocycles. The third kappa shape index (κ3) is 4.12. The number of anilines is 2. The van der Waals surface area contributed by atoms with Crippen LogP contribution in [-0.4, -0.2) is 33.4 Å². The van der Waals surface area contributed by atoms with Gasteiger partial charge in [0.05, 0.1) is 24.7 Å². The van der Waals surface area contributed by atoms with Crippen molar-refractivity contribution in [2.24, 2.45) is 0 Å². The van der Waals surface area contributed by atoms with Crippen LogP contribution in [0.4, 0.5) is 11.8 Å². The van der Waals surface area contributed by atoms with Gasteiger partial charge in [0.15, 0.2) is 0 Å². The number of nitrogens with one attached hydrogen (secondary N) is 2. The molecule has 0 bridgehead atoms. The first-order valence-electron chi connectivity index (χ1n) is 8.51. The minimum absolute atomic E-state index is 0. The molecule has 4 rings (SSSR count). The standard InChI is InChI=1S/C18H21N7O.ClH/c1-26-14-4-2-3-13(7-14)25-11-12(9-22-25)8-21-17-15-5-6-20-10-16(15)23-18(19)24-17;/h2-4,7,9,11,20H,5-6,8,10H2,1H3,(H3,19,21,23,24);1H. The maximum Gasteiger partial charge on any atom is 0.222 e. The molecule has 0 unspecified atom stereocenters. The quantitative estimate of drug-likeness (QED) is 0.614. The van der Waals surface area contributed by atoms with Crippen LogP contribution in [0.25, 0.3) is 5.69 Å². The second kappa shape index (κ2) is 8.24. The number of nitrogen functional groups attached to an aromatic ring is 1. The van der Waals surface area contributed by atoms with E-state index in [4.69, 9.17) is 10.5 Å². The third-order valence-electron chi connectivity index (χ3n) is 4.37. The molecule has 0 radical (unpaired) electrons. The van der Waals surface area contributed by atoms with E-state index < -0.39 is 0 Å². The minimum Gasteiger partial charge on any atom is -0.497 e. The molecule has 142 valence electrons. The summed E-state index contributed by atoms with van der Waals surface area (Å²) < 4.78 is 7.09. The molecule has 0 atom stereocenters. The molecule has 3 aromatic rings. The Morgan fingerprint density at radius 2 is 2.22 bits per heavy atom. The number of fused-ring (bicyclic) bond motifs is 1. The molecule has 0 fully saturated rings. The summed E-state index contributed by atoms with van der Waals surface area (Å²) in [5, 5.41) is 11.1. The molecule has 8 nitrogen and oxygen atoms in total. The highest BCUT2D eigenvalue weighted by Gasteiger charge is 2.16. The summed E-state index contributed by atoms with van der Waals surface area (Å²) in [4.78, 5) is 8.70. The van der Waals surface area contributed by atoms with Crippen molar-refractivity contribution in [3.8, 4) is 11.4 Å². The first kappa shape index (κ1) is 18.9. The van der Waals surface area contributed by atoms with Gasteiger partial charge in [0.1, 0.15) is 11.6 Å². The second-order valence-corrected chi connectivity index (χ2v) is 6.13. The van der Waals surface area contributed by atoms with E-state index in [0.717, 1.165) is 53.6 Å². The number of hydrogen-bond donors (Lipinski definition) is 3. The van der Waals surface area contributed by atoms with E-state index in [0.29, 0.717) is 12.5 Å². The molecule has 9 heteroatoms. The van der Waals surface area contributed by atoms with Gasteiger partial charge in [-0.15, -0.1) is 12.4 Å². The lowest BCUT2D eigenvalue weighted by molar-refractivity contribution is 0.414. The average Bonchev–Trinajstić information content (AvgIpc) is 3.15. The molecular weight excluding hydrogens is 366 g/mol. The van der Waals surface area contributed by atoms with E-state index in [1.807, 2.05) is 41.3 Å². The predicted octanol–water partition coefficient (Wildman–Crippen LogP) is 1.93. The van der Waals surface area contributed by atoms with E-state index in [-0.39, 0.29) is 12.4 Å². The molecule has 0 amide bonds. The zero-order chi connectivity index (χ0) is 17.9. The fourth-order valence-electron chi connectivity index (χ4n) is 3.06. The van der Waals surface area contributed by atoms with Crippen LogP contribution in [-0.2, 0) is 19.5 Å². The molecule has 27 heavy (non-hydrogen) atoms. The molecule has 1 aliphatic heterocycles. The number of nitrogens with zero attached hydrogens (tertiary/aromatic N) is 4. The van der Waals surface area contributed by atoms with Crippen LogP contribution in [0.1, 0.15) is 16.8 Å². The lowest BCUT2D eigenvalue weighted by Gasteiger charge is -2.19.